The Labute approximate surface area is 157 Å². The summed E-state index contributed by atoms with van der Waals surface area (Å²) in [5, 5.41) is 3.31. The average Bonchev–Trinajstić information content (AvgIpc) is 3.32. The van der Waals surface area contributed by atoms with Crippen molar-refractivity contribution in [3.63, 3.8) is 0 Å². The highest BCUT2D eigenvalue weighted by atomic mass is 35.5. The van der Waals surface area contributed by atoms with Crippen LogP contribution in [0.5, 0.6) is 0 Å². The first kappa shape index (κ1) is 21.2. The third-order valence-corrected chi connectivity index (χ3v) is 4.69. The first-order chi connectivity index (χ1) is 10.7. The lowest BCUT2D eigenvalue weighted by Crippen LogP contribution is -2.55. The zero-order valence-corrected chi connectivity index (χ0v) is 16.0. The van der Waals surface area contributed by atoms with Crippen molar-refractivity contribution >= 4 is 30.7 Å². The van der Waals surface area contributed by atoms with Gasteiger partial charge in [-0.15, -0.1) is 24.8 Å². The Morgan fingerprint density at radius 2 is 1.88 bits per heavy atom. The first-order valence-corrected chi connectivity index (χ1v) is 8.49. The molecule has 6 heteroatoms. The predicted octanol–water partition coefficient (Wildman–Crippen LogP) is 2.56. The van der Waals surface area contributed by atoms with Gasteiger partial charge in [-0.05, 0) is 37.8 Å². The van der Waals surface area contributed by atoms with Crippen LogP contribution in [-0.4, -0.2) is 54.5 Å². The Morgan fingerprint density at radius 3 is 2.50 bits per heavy atom. The maximum Gasteiger partial charge on any atom is 0.236 e. The summed E-state index contributed by atoms with van der Waals surface area (Å²) in [6.45, 7) is 7.42. The van der Waals surface area contributed by atoms with Gasteiger partial charge in [0, 0.05) is 32.2 Å². The van der Waals surface area contributed by atoms with E-state index >= 15 is 0 Å². The van der Waals surface area contributed by atoms with E-state index in [-0.39, 0.29) is 30.7 Å². The number of carbonyl (C=O) groups is 1. The number of rotatable bonds is 6. The summed E-state index contributed by atoms with van der Waals surface area (Å²) in [6, 6.07) is 10.9. The van der Waals surface area contributed by atoms with E-state index in [0.717, 1.165) is 38.6 Å². The second kappa shape index (κ2) is 10.2. The van der Waals surface area contributed by atoms with Gasteiger partial charge in [-0.1, -0.05) is 30.3 Å². The van der Waals surface area contributed by atoms with Crippen molar-refractivity contribution in [3.8, 4) is 0 Å². The van der Waals surface area contributed by atoms with Gasteiger partial charge >= 0.3 is 0 Å². The van der Waals surface area contributed by atoms with E-state index in [0.29, 0.717) is 12.6 Å². The average molecular weight is 374 g/mol. The third kappa shape index (κ3) is 6.25. The minimum Gasteiger partial charge on any atom is -0.336 e. The monoisotopic (exact) mass is 373 g/mol. The lowest BCUT2D eigenvalue weighted by Gasteiger charge is -2.40. The van der Waals surface area contributed by atoms with Gasteiger partial charge in [-0.3, -0.25) is 9.69 Å². The summed E-state index contributed by atoms with van der Waals surface area (Å²) in [4.78, 5) is 16.8. The minimum atomic E-state index is 0. The van der Waals surface area contributed by atoms with Crippen molar-refractivity contribution in [1.82, 2.24) is 15.1 Å². The van der Waals surface area contributed by atoms with Crippen LogP contribution >= 0.6 is 24.8 Å². The molecule has 1 aromatic rings. The van der Waals surface area contributed by atoms with Crippen LogP contribution in [0.25, 0.3) is 0 Å². The van der Waals surface area contributed by atoms with Crippen LogP contribution in [-0.2, 0) is 11.3 Å². The Morgan fingerprint density at radius 1 is 1.17 bits per heavy atom. The molecule has 2 aliphatic rings. The lowest BCUT2D eigenvalue weighted by molar-refractivity contribution is -0.134. The number of nitrogens with one attached hydrogen (secondary N) is 1. The highest BCUT2D eigenvalue weighted by Gasteiger charge is 2.27. The zero-order valence-electron chi connectivity index (χ0n) is 14.3. The molecule has 1 unspecified atom stereocenters. The number of hydrogen-bond donors (Lipinski definition) is 1. The Balaban J connectivity index is 0.00000144. The molecule has 1 amide bonds. The molecule has 1 aliphatic carbocycles. The fraction of sp³-hybridized carbons (Fsp3) is 0.611. The van der Waals surface area contributed by atoms with Crippen molar-refractivity contribution in [2.24, 2.45) is 5.92 Å². The topological polar surface area (TPSA) is 35.6 Å². The van der Waals surface area contributed by atoms with Gasteiger partial charge in [-0.25, -0.2) is 0 Å². The highest BCUT2D eigenvalue weighted by Crippen LogP contribution is 2.27. The molecule has 2 fully saturated rings. The molecule has 1 aromatic carbocycles. The number of nitrogens with zero attached hydrogens (tertiary/aromatic N) is 2. The quantitative estimate of drug-likeness (QED) is 0.831. The van der Waals surface area contributed by atoms with Gasteiger partial charge in [0.15, 0.2) is 0 Å². The molecule has 136 valence electrons. The molecule has 0 bridgehead atoms. The van der Waals surface area contributed by atoms with E-state index in [1.165, 1.54) is 18.4 Å². The Hall–Kier alpha value is -0.810. The van der Waals surface area contributed by atoms with Gasteiger partial charge in [0.1, 0.15) is 0 Å². The van der Waals surface area contributed by atoms with E-state index in [1.54, 1.807) is 0 Å². The summed E-state index contributed by atoms with van der Waals surface area (Å²) in [6.07, 6.45) is 2.66. The largest absolute Gasteiger partial charge is 0.336 e. The van der Waals surface area contributed by atoms with Crippen LogP contribution in [0.2, 0.25) is 0 Å². The molecule has 0 aromatic heterocycles. The minimum absolute atomic E-state index is 0. The van der Waals surface area contributed by atoms with Crippen LogP contribution in [0, 0.1) is 5.92 Å². The lowest BCUT2D eigenvalue weighted by atomic mass is 10.1. The molecule has 24 heavy (non-hydrogen) atoms. The molecule has 1 atom stereocenters. The number of amides is 1. The molecular formula is C18H29Cl2N3O. The molecule has 1 heterocycles. The van der Waals surface area contributed by atoms with Crippen LogP contribution in [0.3, 0.4) is 0 Å². The standard InChI is InChI=1S/C18H27N3O.2ClH/c1-15-13-20(14-17-5-3-2-4-6-17)9-10-21(15)18(22)12-19-11-16-7-8-16;;/h2-6,15-16,19H,7-14H2,1H3;2*1H. The van der Waals surface area contributed by atoms with Gasteiger partial charge in [-0.2, -0.15) is 0 Å². The second-order valence-corrected chi connectivity index (χ2v) is 6.73. The van der Waals surface area contributed by atoms with Gasteiger partial charge in [0.05, 0.1) is 6.54 Å². The third-order valence-electron chi connectivity index (χ3n) is 4.69. The molecule has 3 rings (SSSR count). The smallest absolute Gasteiger partial charge is 0.236 e. The fourth-order valence-electron chi connectivity index (χ4n) is 3.20. The predicted molar refractivity (Wildman–Crippen MR) is 103 cm³/mol. The van der Waals surface area contributed by atoms with Crippen LogP contribution < -0.4 is 5.32 Å². The number of benzene rings is 1. The number of carbonyl (C=O) groups excluding carboxylic acids is 1. The maximum atomic E-state index is 12.3. The summed E-state index contributed by atoms with van der Waals surface area (Å²) in [5.41, 5.74) is 1.35. The van der Waals surface area contributed by atoms with Crippen molar-refractivity contribution in [2.75, 3.05) is 32.7 Å². The molecule has 1 saturated carbocycles. The number of halogens is 2. The SMILES string of the molecule is CC1CN(Cc2ccccc2)CCN1C(=O)CNCC1CC1.Cl.Cl. The maximum absolute atomic E-state index is 12.3. The van der Waals surface area contributed by atoms with Crippen LogP contribution in [0.15, 0.2) is 30.3 Å². The zero-order chi connectivity index (χ0) is 15.4. The van der Waals surface area contributed by atoms with E-state index in [1.807, 2.05) is 4.90 Å². The summed E-state index contributed by atoms with van der Waals surface area (Å²) < 4.78 is 0. The van der Waals surface area contributed by atoms with Crippen molar-refractivity contribution < 1.29 is 4.79 Å². The van der Waals surface area contributed by atoms with Gasteiger partial charge in [0.25, 0.3) is 0 Å². The van der Waals surface area contributed by atoms with Crippen molar-refractivity contribution in [2.45, 2.75) is 32.4 Å². The molecule has 1 N–H and O–H groups in total. The van der Waals surface area contributed by atoms with Crippen LogP contribution in [0.1, 0.15) is 25.3 Å². The molecule has 1 saturated heterocycles. The molecule has 1 aliphatic heterocycles. The summed E-state index contributed by atoms with van der Waals surface area (Å²) in [5.74, 6) is 1.08. The van der Waals surface area contributed by atoms with Crippen molar-refractivity contribution in [3.05, 3.63) is 35.9 Å². The number of piperazine rings is 1. The van der Waals surface area contributed by atoms with Crippen LogP contribution in [0.4, 0.5) is 0 Å². The van der Waals surface area contributed by atoms with Gasteiger partial charge < -0.3 is 10.2 Å². The number of hydrogen-bond acceptors (Lipinski definition) is 3. The summed E-state index contributed by atoms with van der Waals surface area (Å²) >= 11 is 0. The Kier molecular flexibility index (Phi) is 9.06. The molecule has 0 spiro atoms. The van der Waals surface area contributed by atoms with E-state index < -0.39 is 0 Å². The molecule has 0 radical (unpaired) electrons. The highest BCUT2D eigenvalue weighted by molar-refractivity contribution is 5.85. The summed E-state index contributed by atoms with van der Waals surface area (Å²) in [7, 11) is 0. The normalized spacial score (nSPS) is 20.9. The van der Waals surface area contributed by atoms with E-state index in [2.05, 4.69) is 47.5 Å². The molecule has 4 nitrogen and oxygen atoms in total. The van der Waals surface area contributed by atoms with E-state index in [9.17, 15) is 4.79 Å². The van der Waals surface area contributed by atoms with Crippen molar-refractivity contribution in [1.29, 1.82) is 0 Å². The van der Waals surface area contributed by atoms with E-state index in [4.69, 9.17) is 0 Å². The first-order valence-electron chi connectivity index (χ1n) is 8.49. The van der Waals surface area contributed by atoms with Gasteiger partial charge in [0.2, 0.25) is 5.91 Å². The molecular weight excluding hydrogens is 345 g/mol. The Bertz CT molecular complexity index is 496. The fourth-order valence-corrected chi connectivity index (χ4v) is 3.20. The second-order valence-electron chi connectivity index (χ2n) is 6.73.